The summed E-state index contributed by atoms with van der Waals surface area (Å²) < 4.78 is 58.1. The number of fused-ring (bicyclic) bond motifs is 1. The van der Waals surface area contributed by atoms with Gasteiger partial charge in [0.05, 0.1) is 4.90 Å². The molecule has 1 fully saturated rings. The Balaban J connectivity index is 1.55. The van der Waals surface area contributed by atoms with Gasteiger partial charge < -0.3 is 14.5 Å². The van der Waals surface area contributed by atoms with E-state index in [9.17, 15) is 17.2 Å². The number of nitrogens with zero attached hydrogens (tertiary/aromatic N) is 2. The van der Waals surface area contributed by atoms with Crippen LogP contribution in [0.4, 0.5) is 14.5 Å². The molecule has 2 aromatic carbocycles. The van der Waals surface area contributed by atoms with Gasteiger partial charge in [-0.15, -0.1) is 0 Å². The smallest absolute Gasteiger partial charge is 0.387 e. The van der Waals surface area contributed by atoms with Gasteiger partial charge in [0.2, 0.25) is 10.0 Å². The molecule has 1 heterocycles. The number of sulfonamides is 1. The molecule has 0 unspecified atom stereocenters. The minimum Gasteiger partial charge on any atom is -0.435 e. The highest BCUT2D eigenvalue weighted by Gasteiger charge is 2.29. The van der Waals surface area contributed by atoms with Crippen molar-refractivity contribution in [2.45, 2.75) is 43.7 Å². The van der Waals surface area contributed by atoms with Crippen molar-refractivity contribution in [2.75, 3.05) is 38.1 Å². The summed E-state index contributed by atoms with van der Waals surface area (Å²) in [7, 11) is -1.75. The van der Waals surface area contributed by atoms with Crippen LogP contribution in [0.3, 0.4) is 0 Å². The first kappa shape index (κ1) is 22.9. The highest BCUT2D eigenvalue weighted by atomic mass is 32.2. The number of ether oxygens (including phenoxy) is 1. The van der Waals surface area contributed by atoms with Gasteiger partial charge in [-0.25, -0.2) is 13.1 Å². The Kier molecular flexibility index (Phi) is 6.69. The fraction of sp³-hybridized carbons (Fsp3) is 0.478. The zero-order chi connectivity index (χ0) is 22.9. The first-order valence-electron chi connectivity index (χ1n) is 10.8. The number of piperazine rings is 1. The Bertz CT molecular complexity index is 1070. The molecule has 0 saturated carbocycles. The van der Waals surface area contributed by atoms with Gasteiger partial charge in [0.15, 0.2) is 0 Å². The number of aryl methyl sites for hydroxylation is 1. The lowest BCUT2D eigenvalue weighted by Gasteiger charge is -2.37. The van der Waals surface area contributed by atoms with Crippen LogP contribution in [0.2, 0.25) is 0 Å². The van der Waals surface area contributed by atoms with Crippen molar-refractivity contribution in [3.8, 4) is 5.75 Å². The van der Waals surface area contributed by atoms with Crippen LogP contribution in [0, 0.1) is 6.92 Å². The first-order valence-corrected chi connectivity index (χ1v) is 12.3. The van der Waals surface area contributed by atoms with Crippen LogP contribution < -0.4 is 14.4 Å². The van der Waals surface area contributed by atoms with E-state index in [2.05, 4.69) is 45.4 Å². The second-order valence-corrected chi connectivity index (χ2v) is 10.3. The molecule has 174 valence electrons. The minimum atomic E-state index is -3.87. The fourth-order valence-corrected chi connectivity index (χ4v) is 5.89. The highest BCUT2D eigenvalue weighted by molar-refractivity contribution is 7.89. The maximum atomic E-state index is 13.0. The van der Waals surface area contributed by atoms with Gasteiger partial charge in [0, 0.05) is 44.0 Å². The average molecular weight is 466 g/mol. The van der Waals surface area contributed by atoms with Gasteiger partial charge in [-0.2, -0.15) is 8.78 Å². The van der Waals surface area contributed by atoms with E-state index in [1.165, 1.54) is 40.6 Å². The van der Waals surface area contributed by atoms with Gasteiger partial charge in [-0.1, -0.05) is 12.1 Å². The summed E-state index contributed by atoms with van der Waals surface area (Å²) in [6.07, 6.45) is 2.09. The summed E-state index contributed by atoms with van der Waals surface area (Å²) in [5.41, 5.74) is 4.94. The molecule has 0 aromatic heterocycles. The predicted octanol–water partition coefficient (Wildman–Crippen LogP) is 3.18. The lowest BCUT2D eigenvalue weighted by atomic mass is 9.84. The van der Waals surface area contributed by atoms with Crippen LogP contribution in [0.1, 0.15) is 23.1 Å². The lowest BCUT2D eigenvalue weighted by molar-refractivity contribution is -0.0499. The van der Waals surface area contributed by atoms with Gasteiger partial charge in [-0.05, 0) is 68.1 Å². The van der Waals surface area contributed by atoms with E-state index >= 15 is 0 Å². The number of benzene rings is 2. The number of likely N-dealkylation sites (N-methyl/N-ethyl adjacent to an activating group) is 1. The van der Waals surface area contributed by atoms with Crippen LogP contribution >= 0.6 is 0 Å². The molecule has 1 aliphatic carbocycles. The van der Waals surface area contributed by atoms with E-state index in [1.54, 1.807) is 0 Å². The number of halogens is 2. The molecule has 0 amide bonds. The van der Waals surface area contributed by atoms with E-state index in [-0.39, 0.29) is 16.7 Å². The third-order valence-corrected chi connectivity index (χ3v) is 7.86. The van der Waals surface area contributed by atoms with Crippen LogP contribution in [0.25, 0.3) is 0 Å². The van der Waals surface area contributed by atoms with Crippen LogP contribution in [-0.2, 0) is 22.9 Å². The molecule has 32 heavy (non-hydrogen) atoms. The van der Waals surface area contributed by atoms with Gasteiger partial charge in [0.1, 0.15) is 5.75 Å². The van der Waals surface area contributed by atoms with Gasteiger partial charge >= 0.3 is 6.61 Å². The Hall–Kier alpha value is -2.23. The Morgan fingerprint density at radius 2 is 1.84 bits per heavy atom. The van der Waals surface area contributed by atoms with E-state index < -0.39 is 16.6 Å². The van der Waals surface area contributed by atoms with Gasteiger partial charge in [-0.3, -0.25) is 0 Å². The predicted molar refractivity (Wildman–Crippen MR) is 120 cm³/mol. The number of nitrogens with one attached hydrogen (secondary N) is 1. The molecule has 2 aliphatic rings. The molecular weight excluding hydrogens is 436 g/mol. The minimum absolute atomic E-state index is 0.0787. The maximum absolute atomic E-state index is 13.0. The normalized spacial score (nSPS) is 19.8. The summed E-state index contributed by atoms with van der Waals surface area (Å²) in [6, 6.07) is 9.28. The van der Waals surface area contributed by atoms with E-state index in [0.29, 0.717) is 12.8 Å². The first-order chi connectivity index (χ1) is 15.2. The molecule has 1 N–H and O–H groups in total. The molecule has 0 radical (unpaired) electrons. The number of hydrogen-bond acceptors (Lipinski definition) is 5. The zero-order valence-corrected chi connectivity index (χ0v) is 19.2. The topological polar surface area (TPSA) is 61.9 Å². The number of alkyl halides is 2. The van der Waals surface area contributed by atoms with Crippen molar-refractivity contribution < 1.29 is 21.9 Å². The molecule has 2 aromatic rings. The van der Waals surface area contributed by atoms with Gasteiger partial charge in [0.25, 0.3) is 0 Å². The standard InChI is InChI=1S/C23H29F2N3O3S/c1-16-6-9-22(28-12-10-27(2)11-13-28)21-14-17(7-8-20(16)21)26-32(29,30)19-5-3-4-18(15-19)31-23(24)25/h3-6,9,15,17,23,26H,7-8,10-14H2,1-2H3/t17-/m1/s1. The van der Waals surface area contributed by atoms with Crippen molar-refractivity contribution in [3.63, 3.8) is 0 Å². The summed E-state index contributed by atoms with van der Waals surface area (Å²) >= 11 is 0. The van der Waals surface area contributed by atoms with Crippen molar-refractivity contribution in [2.24, 2.45) is 0 Å². The van der Waals surface area contributed by atoms with Crippen LogP contribution in [0.15, 0.2) is 41.3 Å². The van der Waals surface area contributed by atoms with Crippen LogP contribution in [0.5, 0.6) is 5.75 Å². The van der Waals surface area contributed by atoms with Crippen molar-refractivity contribution in [1.82, 2.24) is 9.62 Å². The third-order valence-electron chi connectivity index (χ3n) is 6.34. The van der Waals surface area contributed by atoms with Crippen molar-refractivity contribution in [3.05, 3.63) is 53.1 Å². The fourth-order valence-electron chi connectivity index (χ4n) is 4.59. The zero-order valence-electron chi connectivity index (χ0n) is 18.4. The maximum Gasteiger partial charge on any atom is 0.387 e. The van der Waals surface area contributed by atoms with Crippen LogP contribution in [-0.4, -0.2) is 59.2 Å². The molecule has 4 rings (SSSR count). The molecule has 1 saturated heterocycles. The highest BCUT2D eigenvalue weighted by Crippen LogP contribution is 2.34. The summed E-state index contributed by atoms with van der Waals surface area (Å²) in [6.45, 7) is 2.97. The molecule has 1 aliphatic heterocycles. The van der Waals surface area contributed by atoms with Crippen molar-refractivity contribution >= 4 is 15.7 Å². The average Bonchev–Trinajstić information content (AvgIpc) is 2.74. The SMILES string of the molecule is Cc1ccc(N2CCN(C)CC2)c2c1CC[C@@H](NS(=O)(=O)c1cccc(OC(F)F)c1)C2. The number of anilines is 1. The second-order valence-electron chi connectivity index (χ2n) is 8.56. The lowest BCUT2D eigenvalue weighted by Crippen LogP contribution is -2.45. The molecular formula is C23H29F2N3O3S. The second kappa shape index (κ2) is 9.33. The summed E-state index contributed by atoms with van der Waals surface area (Å²) in [4.78, 5) is 4.62. The monoisotopic (exact) mass is 465 g/mol. The molecule has 6 nitrogen and oxygen atoms in total. The largest absolute Gasteiger partial charge is 0.435 e. The van der Waals surface area contributed by atoms with Crippen molar-refractivity contribution in [1.29, 1.82) is 0 Å². The molecule has 1 atom stereocenters. The molecule has 9 heteroatoms. The summed E-state index contributed by atoms with van der Waals surface area (Å²) in [5.74, 6) is -0.176. The molecule has 0 spiro atoms. The Morgan fingerprint density at radius 3 is 2.56 bits per heavy atom. The van der Waals surface area contributed by atoms with E-state index in [1.807, 2.05) is 0 Å². The summed E-state index contributed by atoms with van der Waals surface area (Å²) in [5, 5.41) is 0. The Labute approximate surface area is 188 Å². The Morgan fingerprint density at radius 1 is 1.09 bits per heavy atom. The number of rotatable bonds is 6. The van der Waals surface area contributed by atoms with E-state index in [4.69, 9.17) is 0 Å². The quantitative estimate of drug-likeness (QED) is 0.710. The molecule has 0 bridgehead atoms. The van der Waals surface area contributed by atoms with E-state index in [0.717, 1.165) is 38.7 Å². The number of hydrogen-bond donors (Lipinski definition) is 1. The third kappa shape index (κ3) is 5.05.